The van der Waals surface area contributed by atoms with Crippen LogP contribution in [0, 0.1) is 0 Å². The molecular weight excluding hydrogens is 244 g/mol. The summed E-state index contributed by atoms with van der Waals surface area (Å²) in [5, 5.41) is 15.0. The molecule has 4 rings (SSSR count). The lowest BCUT2D eigenvalue weighted by Crippen LogP contribution is -1.81. The molecular formula is C19H16O. The summed E-state index contributed by atoms with van der Waals surface area (Å²) in [6, 6.07) is 26.0. The molecule has 0 spiro atoms. The Kier molecular flexibility index (Phi) is 3.36. The molecule has 0 fully saturated rings. The molecule has 0 heterocycles. The van der Waals surface area contributed by atoms with E-state index in [1.54, 1.807) is 0 Å². The summed E-state index contributed by atoms with van der Waals surface area (Å²) in [6.07, 6.45) is 0. The largest absolute Gasteiger partial charge is 0.400 e. The molecule has 0 amide bonds. The van der Waals surface area contributed by atoms with Crippen LogP contribution in [0.5, 0.6) is 0 Å². The minimum absolute atomic E-state index is 1.00. The number of hydrogen-bond donors (Lipinski definition) is 1. The number of fused-ring (bicyclic) bond motifs is 6. The van der Waals surface area contributed by atoms with Gasteiger partial charge >= 0.3 is 0 Å². The van der Waals surface area contributed by atoms with Crippen LogP contribution in [0.3, 0.4) is 0 Å². The molecule has 1 nitrogen and oxygen atoms in total. The Bertz CT molecular complexity index is 657. The number of aliphatic hydroxyl groups is 1. The van der Waals surface area contributed by atoms with Crippen LogP contribution >= 0.6 is 0 Å². The highest BCUT2D eigenvalue weighted by molar-refractivity contribution is 6.25. The van der Waals surface area contributed by atoms with Crippen LogP contribution in [0.4, 0.5) is 0 Å². The minimum Gasteiger partial charge on any atom is -0.400 e. The van der Waals surface area contributed by atoms with Crippen LogP contribution in [0.2, 0.25) is 0 Å². The van der Waals surface area contributed by atoms with E-state index in [2.05, 4.69) is 72.8 Å². The van der Waals surface area contributed by atoms with Gasteiger partial charge in [0, 0.05) is 7.11 Å². The molecule has 1 N–H and O–H groups in total. The molecule has 98 valence electrons. The topological polar surface area (TPSA) is 20.2 Å². The van der Waals surface area contributed by atoms with Crippen LogP contribution in [0.15, 0.2) is 72.8 Å². The third-order valence-electron chi connectivity index (χ3n) is 3.65. The van der Waals surface area contributed by atoms with Crippen molar-refractivity contribution in [2.24, 2.45) is 0 Å². The van der Waals surface area contributed by atoms with Crippen molar-refractivity contribution in [3.63, 3.8) is 0 Å². The minimum atomic E-state index is 1.00. The average Bonchev–Trinajstić information content (AvgIpc) is 2.57. The molecule has 0 aliphatic rings. The summed E-state index contributed by atoms with van der Waals surface area (Å²) in [7, 11) is 1.00. The van der Waals surface area contributed by atoms with E-state index in [-0.39, 0.29) is 0 Å². The summed E-state index contributed by atoms with van der Waals surface area (Å²) in [4.78, 5) is 0. The summed E-state index contributed by atoms with van der Waals surface area (Å²) >= 11 is 0. The van der Waals surface area contributed by atoms with Gasteiger partial charge in [0.25, 0.3) is 0 Å². The molecule has 0 saturated carbocycles. The van der Waals surface area contributed by atoms with Gasteiger partial charge in [-0.15, -0.1) is 0 Å². The van der Waals surface area contributed by atoms with Crippen LogP contribution in [0.1, 0.15) is 0 Å². The van der Waals surface area contributed by atoms with Crippen molar-refractivity contribution in [1.82, 2.24) is 0 Å². The molecule has 0 atom stereocenters. The van der Waals surface area contributed by atoms with Crippen molar-refractivity contribution < 1.29 is 5.11 Å². The summed E-state index contributed by atoms with van der Waals surface area (Å²) in [5.74, 6) is 0. The molecule has 0 saturated heterocycles. The summed E-state index contributed by atoms with van der Waals surface area (Å²) < 4.78 is 0. The molecule has 1 heteroatoms. The van der Waals surface area contributed by atoms with Crippen molar-refractivity contribution in [3.8, 4) is 0 Å². The molecule has 4 aromatic rings. The van der Waals surface area contributed by atoms with Crippen molar-refractivity contribution in [2.45, 2.75) is 0 Å². The second kappa shape index (κ2) is 5.32. The smallest absolute Gasteiger partial charge is 0.0319 e. The van der Waals surface area contributed by atoms with E-state index >= 15 is 0 Å². The van der Waals surface area contributed by atoms with Crippen molar-refractivity contribution >= 4 is 32.3 Å². The van der Waals surface area contributed by atoms with Crippen molar-refractivity contribution in [1.29, 1.82) is 0 Å². The van der Waals surface area contributed by atoms with Gasteiger partial charge in [0.05, 0.1) is 0 Å². The van der Waals surface area contributed by atoms with Crippen LogP contribution in [0.25, 0.3) is 32.3 Å². The highest BCUT2D eigenvalue weighted by Crippen LogP contribution is 2.34. The van der Waals surface area contributed by atoms with E-state index in [0.717, 1.165) is 7.11 Å². The monoisotopic (exact) mass is 260 g/mol. The zero-order chi connectivity index (χ0) is 13.9. The number of hydrogen-bond acceptors (Lipinski definition) is 1. The third kappa shape index (κ3) is 1.84. The standard InChI is InChI=1S/C18H12.CH4O/c1-2-8-14-13(7-1)15-9-3-4-11-17(15)18-12-6-5-10-16(14)18;1-2/h1-12H;2H,1H3. The Hall–Kier alpha value is -2.38. The first kappa shape index (κ1) is 12.6. The van der Waals surface area contributed by atoms with Gasteiger partial charge in [-0.2, -0.15) is 0 Å². The quantitative estimate of drug-likeness (QED) is 0.452. The van der Waals surface area contributed by atoms with Crippen molar-refractivity contribution in [3.05, 3.63) is 72.8 Å². The maximum atomic E-state index is 7.00. The number of rotatable bonds is 0. The van der Waals surface area contributed by atoms with Gasteiger partial charge < -0.3 is 5.11 Å². The van der Waals surface area contributed by atoms with Gasteiger partial charge in [-0.1, -0.05) is 72.8 Å². The van der Waals surface area contributed by atoms with Gasteiger partial charge in [-0.3, -0.25) is 0 Å². The lowest BCUT2D eigenvalue weighted by molar-refractivity contribution is 0.399. The zero-order valence-corrected chi connectivity index (χ0v) is 11.4. The van der Waals surface area contributed by atoms with Crippen LogP contribution in [-0.4, -0.2) is 12.2 Å². The van der Waals surface area contributed by atoms with E-state index in [9.17, 15) is 0 Å². The predicted octanol–water partition coefficient (Wildman–Crippen LogP) is 4.75. The maximum Gasteiger partial charge on any atom is 0.0319 e. The first-order valence-electron chi connectivity index (χ1n) is 6.68. The Morgan fingerprint density at radius 3 is 0.700 bits per heavy atom. The fourth-order valence-electron chi connectivity index (χ4n) is 2.86. The molecule has 0 aliphatic carbocycles. The SMILES string of the molecule is CO.c1ccc2c(c1)c1ccccc1c1ccccc21. The number of aliphatic hydroxyl groups excluding tert-OH is 1. The van der Waals surface area contributed by atoms with Gasteiger partial charge in [0.1, 0.15) is 0 Å². The molecule has 0 bridgehead atoms. The predicted molar refractivity (Wildman–Crippen MR) is 87.1 cm³/mol. The zero-order valence-electron chi connectivity index (χ0n) is 11.4. The lowest BCUT2D eigenvalue weighted by atomic mass is 9.95. The number of benzene rings is 4. The second-order valence-electron chi connectivity index (χ2n) is 4.64. The van der Waals surface area contributed by atoms with E-state index in [4.69, 9.17) is 5.11 Å². The molecule has 20 heavy (non-hydrogen) atoms. The van der Waals surface area contributed by atoms with Crippen LogP contribution in [-0.2, 0) is 0 Å². The Labute approximate surface area is 118 Å². The highest BCUT2D eigenvalue weighted by atomic mass is 16.2. The second-order valence-corrected chi connectivity index (χ2v) is 4.64. The fraction of sp³-hybridized carbons (Fsp3) is 0.0526. The third-order valence-corrected chi connectivity index (χ3v) is 3.65. The maximum absolute atomic E-state index is 7.00. The van der Waals surface area contributed by atoms with E-state index in [0.29, 0.717) is 0 Å². The Morgan fingerprint density at radius 2 is 0.550 bits per heavy atom. The summed E-state index contributed by atoms with van der Waals surface area (Å²) in [6.45, 7) is 0. The molecule has 0 aromatic heterocycles. The molecule has 0 radical (unpaired) electrons. The molecule has 0 aliphatic heterocycles. The lowest BCUT2D eigenvalue weighted by Gasteiger charge is -2.09. The first-order valence-corrected chi connectivity index (χ1v) is 6.68. The fourth-order valence-corrected chi connectivity index (χ4v) is 2.86. The highest BCUT2D eigenvalue weighted by Gasteiger charge is 2.06. The van der Waals surface area contributed by atoms with E-state index < -0.39 is 0 Å². The van der Waals surface area contributed by atoms with Gasteiger partial charge in [-0.25, -0.2) is 0 Å². The Balaban J connectivity index is 0.000000581. The first-order chi connectivity index (χ1) is 9.95. The van der Waals surface area contributed by atoms with Crippen molar-refractivity contribution in [2.75, 3.05) is 7.11 Å². The summed E-state index contributed by atoms with van der Waals surface area (Å²) in [5.41, 5.74) is 0. The molecule has 0 unspecified atom stereocenters. The van der Waals surface area contributed by atoms with E-state index in [1.165, 1.54) is 32.3 Å². The van der Waals surface area contributed by atoms with Gasteiger partial charge in [0.2, 0.25) is 0 Å². The van der Waals surface area contributed by atoms with E-state index in [1.807, 2.05) is 0 Å². The molecule has 4 aromatic carbocycles. The normalized spacial score (nSPS) is 10.5. The Morgan fingerprint density at radius 1 is 0.400 bits per heavy atom. The van der Waals surface area contributed by atoms with Gasteiger partial charge in [-0.05, 0) is 32.3 Å². The van der Waals surface area contributed by atoms with Gasteiger partial charge in [0.15, 0.2) is 0 Å². The average molecular weight is 260 g/mol. The van der Waals surface area contributed by atoms with Crippen LogP contribution < -0.4 is 0 Å².